The number of carbonyl (C=O) groups is 2. The van der Waals surface area contributed by atoms with Gasteiger partial charge < -0.3 is 19.7 Å². The Morgan fingerprint density at radius 2 is 1.63 bits per heavy atom. The van der Waals surface area contributed by atoms with E-state index in [2.05, 4.69) is 20.8 Å². The van der Waals surface area contributed by atoms with E-state index in [4.69, 9.17) is 9.47 Å². The fourth-order valence-corrected chi connectivity index (χ4v) is 8.85. The Kier molecular flexibility index (Phi) is 5.10. The van der Waals surface area contributed by atoms with Crippen molar-refractivity contribution in [1.29, 1.82) is 0 Å². The molecule has 0 amide bonds. The summed E-state index contributed by atoms with van der Waals surface area (Å²) in [6.07, 6.45) is 5.38. The van der Waals surface area contributed by atoms with Crippen LogP contribution in [0.1, 0.15) is 79.6 Å². The summed E-state index contributed by atoms with van der Waals surface area (Å²) in [5.74, 6) is 0.214. The maximum absolute atomic E-state index is 11.9. The van der Waals surface area contributed by atoms with Crippen LogP contribution >= 0.6 is 0 Å². The van der Waals surface area contributed by atoms with E-state index in [0.29, 0.717) is 24.7 Å². The van der Waals surface area contributed by atoms with Gasteiger partial charge in [0.1, 0.15) is 12.2 Å². The van der Waals surface area contributed by atoms with Crippen LogP contribution in [-0.4, -0.2) is 46.6 Å². The quantitative estimate of drug-likeness (QED) is 0.679. The van der Waals surface area contributed by atoms with Crippen molar-refractivity contribution in [3.8, 4) is 0 Å². The molecule has 30 heavy (non-hydrogen) atoms. The summed E-state index contributed by atoms with van der Waals surface area (Å²) in [6, 6.07) is 0. The maximum atomic E-state index is 11.9. The summed E-state index contributed by atoms with van der Waals surface area (Å²) in [5, 5.41) is 21.1. The Balaban J connectivity index is 1.73. The van der Waals surface area contributed by atoms with Crippen molar-refractivity contribution in [2.24, 2.45) is 34.0 Å². The van der Waals surface area contributed by atoms with Crippen LogP contribution in [-0.2, 0) is 19.1 Å². The first kappa shape index (κ1) is 22.1. The first-order chi connectivity index (χ1) is 13.9. The molecule has 170 valence electrons. The van der Waals surface area contributed by atoms with Crippen LogP contribution in [0.4, 0.5) is 0 Å². The molecule has 8 atom stereocenters. The average Bonchev–Trinajstić information content (AvgIpc) is 2.83. The van der Waals surface area contributed by atoms with Gasteiger partial charge in [-0.1, -0.05) is 20.8 Å². The lowest BCUT2D eigenvalue weighted by atomic mass is 9.40. The molecule has 0 unspecified atom stereocenters. The molecule has 0 aromatic heterocycles. The van der Waals surface area contributed by atoms with E-state index in [1.807, 2.05) is 0 Å². The van der Waals surface area contributed by atoms with Crippen molar-refractivity contribution < 1.29 is 29.3 Å². The molecular formula is C24H38O6. The summed E-state index contributed by atoms with van der Waals surface area (Å²) < 4.78 is 11.5. The lowest BCUT2D eigenvalue weighted by molar-refractivity contribution is -0.235. The van der Waals surface area contributed by atoms with Crippen molar-refractivity contribution in [2.45, 2.75) is 97.4 Å². The predicted octanol–water partition coefficient (Wildman–Crippen LogP) is 3.23. The second-order valence-corrected chi connectivity index (χ2v) is 11.6. The van der Waals surface area contributed by atoms with Crippen LogP contribution < -0.4 is 0 Å². The van der Waals surface area contributed by atoms with Gasteiger partial charge in [0.15, 0.2) is 0 Å². The molecule has 0 aromatic rings. The zero-order chi connectivity index (χ0) is 22.1. The highest BCUT2D eigenvalue weighted by Gasteiger charge is 2.69. The van der Waals surface area contributed by atoms with E-state index in [0.717, 1.165) is 32.1 Å². The zero-order valence-corrected chi connectivity index (χ0v) is 19.1. The smallest absolute Gasteiger partial charge is 0.303 e. The topological polar surface area (TPSA) is 93.1 Å². The van der Waals surface area contributed by atoms with Gasteiger partial charge in [0, 0.05) is 19.3 Å². The average molecular weight is 423 g/mol. The molecule has 1 spiro atoms. The van der Waals surface area contributed by atoms with E-state index in [9.17, 15) is 19.8 Å². The van der Waals surface area contributed by atoms with Crippen LogP contribution in [0.25, 0.3) is 0 Å². The van der Waals surface area contributed by atoms with Crippen molar-refractivity contribution in [1.82, 2.24) is 0 Å². The van der Waals surface area contributed by atoms with Crippen LogP contribution in [0.3, 0.4) is 0 Å². The highest BCUT2D eigenvalue weighted by molar-refractivity contribution is 5.67. The normalized spacial score (nSPS) is 49.0. The molecular weight excluding hydrogens is 384 g/mol. The highest BCUT2D eigenvalue weighted by atomic mass is 16.6. The SMILES string of the molecule is CC(=O)O[C@@H]1[C@H](OC(C)=O)C[C@@]2(C)[C@@H](CC[C@@]34C[C@@H](CC[C@@H]32)[C@@](O)(CO)C4)C1(C)C. The van der Waals surface area contributed by atoms with Crippen LogP contribution in [0.15, 0.2) is 0 Å². The highest BCUT2D eigenvalue weighted by Crippen LogP contribution is 2.73. The van der Waals surface area contributed by atoms with E-state index < -0.39 is 17.8 Å². The van der Waals surface area contributed by atoms with Gasteiger partial charge in [0.2, 0.25) is 0 Å². The van der Waals surface area contributed by atoms with Crippen molar-refractivity contribution in [3.63, 3.8) is 0 Å². The number of fused-ring (bicyclic) bond motifs is 3. The number of rotatable bonds is 3. The first-order valence-corrected chi connectivity index (χ1v) is 11.6. The second-order valence-electron chi connectivity index (χ2n) is 11.6. The third-order valence-corrected chi connectivity index (χ3v) is 9.63. The van der Waals surface area contributed by atoms with Gasteiger partial charge in [-0.3, -0.25) is 9.59 Å². The fourth-order valence-electron chi connectivity index (χ4n) is 8.85. The summed E-state index contributed by atoms with van der Waals surface area (Å²) in [6.45, 7) is 9.31. The molecule has 0 radical (unpaired) electrons. The molecule has 4 fully saturated rings. The van der Waals surface area contributed by atoms with Gasteiger partial charge in [0.25, 0.3) is 0 Å². The van der Waals surface area contributed by atoms with Crippen LogP contribution in [0.2, 0.25) is 0 Å². The second kappa shape index (κ2) is 6.93. The predicted molar refractivity (Wildman–Crippen MR) is 110 cm³/mol. The Bertz CT molecular complexity index is 733. The Hall–Kier alpha value is -1.14. The van der Waals surface area contributed by atoms with Gasteiger partial charge in [0.05, 0.1) is 12.2 Å². The number of ether oxygens (including phenoxy) is 2. The van der Waals surface area contributed by atoms with Gasteiger partial charge >= 0.3 is 11.9 Å². The zero-order valence-electron chi connectivity index (χ0n) is 19.1. The standard InChI is InChI=1S/C24H38O6/c1-14(26)29-17-11-22(5)18(21(3,4)20(17)30-15(2)27)8-9-23-10-16(6-7-19(22)23)24(28,12-23)13-25/h16-20,25,28H,6-13H2,1-5H3/t16-,17-,18+,19-,20-,22+,23+,24+/m1/s1. The van der Waals surface area contributed by atoms with Crippen molar-refractivity contribution in [2.75, 3.05) is 6.61 Å². The van der Waals surface area contributed by atoms with Gasteiger partial charge in [-0.15, -0.1) is 0 Å². The lowest BCUT2D eigenvalue weighted by Crippen LogP contribution is -2.64. The van der Waals surface area contributed by atoms with Gasteiger partial charge in [-0.05, 0) is 73.5 Å². The molecule has 2 bridgehead atoms. The minimum absolute atomic E-state index is 0.0385. The Morgan fingerprint density at radius 1 is 0.967 bits per heavy atom. The summed E-state index contributed by atoms with van der Waals surface area (Å²) in [7, 11) is 0. The number of aliphatic hydroxyl groups is 2. The van der Waals surface area contributed by atoms with Crippen LogP contribution in [0, 0.1) is 34.0 Å². The molecule has 4 aliphatic rings. The molecule has 0 aliphatic heterocycles. The summed E-state index contributed by atoms with van der Waals surface area (Å²) in [5.41, 5.74) is -1.33. The molecule has 0 heterocycles. The Labute approximate surface area is 179 Å². The largest absolute Gasteiger partial charge is 0.459 e. The number of aliphatic hydroxyl groups excluding tert-OH is 1. The molecule has 4 aliphatic carbocycles. The van der Waals surface area contributed by atoms with Crippen molar-refractivity contribution in [3.05, 3.63) is 0 Å². The molecule has 2 N–H and O–H groups in total. The van der Waals surface area contributed by atoms with E-state index in [-0.39, 0.29) is 40.7 Å². The monoisotopic (exact) mass is 422 g/mol. The summed E-state index contributed by atoms with van der Waals surface area (Å²) >= 11 is 0. The number of carbonyl (C=O) groups excluding carboxylic acids is 2. The lowest BCUT2D eigenvalue weighted by Gasteiger charge is -2.65. The van der Waals surface area contributed by atoms with E-state index >= 15 is 0 Å². The number of hydrogen-bond acceptors (Lipinski definition) is 6. The van der Waals surface area contributed by atoms with Gasteiger partial charge in [-0.25, -0.2) is 0 Å². The molecule has 4 saturated carbocycles. The fraction of sp³-hybridized carbons (Fsp3) is 0.917. The van der Waals surface area contributed by atoms with Crippen LogP contribution in [0.5, 0.6) is 0 Å². The van der Waals surface area contributed by atoms with E-state index in [1.165, 1.54) is 13.8 Å². The third kappa shape index (κ3) is 3.04. The minimum atomic E-state index is -0.961. The Morgan fingerprint density at radius 3 is 2.23 bits per heavy atom. The first-order valence-electron chi connectivity index (χ1n) is 11.6. The molecule has 6 nitrogen and oxygen atoms in total. The minimum Gasteiger partial charge on any atom is -0.459 e. The molecule has 0 aromatic carbocycles. The third-order valence-electron chi connectivity index (χ3n) is 9.63. The molecule has 0 saturated heterocycles. The number of esters is 2. The summed E-state index contributed by atoms with van der Waals surface area (Å²) in [4.78, 5) is 23.8. The molecule has 6 heteroatoms. The maximum Gasteiger partial charge on any atom is 0.303 e. The number of hydrogen-bond donors (Lipinski definition) is 2. The van der Waals surface area contributed by atoms with Crippen molar-refractivity contribution >= 4 is 11.9 Å². The van der Waals surface area contributed by atoms with E-state index in [1.54, 1.807) is 0 Å². The van der Waals surface area contributed by atoms with Gasteiger partial charge in [-0.2, -0.15) is 0 Å². The molecule has 4 rings (SSSR count).